The van der Waals surface area contributed by atoms with E-state index in [1.807, 2.05) is 57.8 Å². The van der Waals surface area contributed by atoms with E-state index in [1.54, 1.807) is 7.11 Å². The minimum atomic E-state index is -0.752. The molecular weight excluding hydrogens is 915 g/mol. The highest BCUT2D eigenvalue weighted by atomic mass is 127. The van der Waals surface area contributed by atoms with Crippen LogP contribution >= 0.6 is 22.6 Å². The number of hydrogen-bond donors (Lipinski definition) is 1. The van der Waals surface area contributed by atoms with E-state index in [0.29, 0.717) is 18.8 Å². The van der Waals surface area contributed by atoms with Gasteiger partial charge < -0.3 is 47.7 Å². The van der Waals surface area contributed by atoms with E-state index in [-0.39, 0.29) is 91.7 Å². The van der Waals surface area contributed by atoms with Gasteiger partial charge in [0, 0.05) is 38.2 Å². The second-order valence-corrected chi connectivity index (χ2v) is 20.5. The fourth-order valence-corrected chi connectivity index (χ4v) is 9.82. The maximum atomic E-state index is 12.0. The molecule has 15 atom stereocenters. The third kappa shape index (κ3) is 16.2. The lowest BCUT2D eigenvalue weighted by Crippen LogP contribution is -2.50. The van der Waals surface area contributed by atoms with Crippen molar-refractivity contribution in [2.75, 3.05) is 13.9 Å². The molecule has 0 aromatic rings. The van der Waals surface area contributed by atoms with Gasteiger partial charge in [-0.25, -0.2) is 0 Å². The van der Waals surface area contributed by atoms with Crippen molar-refractivity contribution in [2.24, 2.45) is 17.8 Å². The first-order valence-electron chi connectivity index (χ1n) is 23.6. The first-order chi connectivity index (χ1) is 30.0. The average Bonchev–Trinajstić information content (AvgIpc) is 3.73. The number of esters is 1. The predicted octanol–water partition coefficient (Wildman–Crippen LogP) is 10.2. The quantitative estimate of drug-likeness (QED) is 0.0389. The SMILES string of the molecule is COCO[C@H]1C[C@H]([C@H]2OC(C)(C)O[C@H]2/C=C/CC/C=C/C[C@H]2C=C[C@H](O)[C@H](/C(C)=C/[C@H](C)CCCCC(=O)OC(C)(C)C)O2)O[C@H](C/C=C/[C@@H]2O[C@@H]3C[C@@H](O[C@H]3/C=C/I)[C@H]2C)[C@@H]1C. The Hall–Kier alpha value is -1.72. The molecule has 0 radical (unpaired) electrons. The number of hydrogen-bond acceptors (Lipinski definition) is 11. The topological polar surface area (TPSA) is 120 Å². The number of aliphatic hydroxyl groups is 1. The van der Waals surface area contributed by atoms with Crippen LogP contribution in [0, 0.1) is 17.8 Å². The standard InChI is InChI=1S/C51H79IO11/c1-33(19-16-17-24-47(54)62-50(5,6)7)29-34(2)48-38(53)26-25-37(57-48)20-14-12-11-13-15-21-42-49(63-51(8,9)61-42)46-30-43(56-32-55-10)35(3)39(59-46)22-18-23-40-36(4)44-31-45(58-40)41(60-44)27-28-52/h12,14-15,18,21,23,25-29,33,35-46,48-49,53H,11,13,16-17,19-20,22,24,30-32H2,1-10H3/b14-12+,21-15+,23-18+,28-27+,34-29+/t33-,35+,36+,37+,38+,39-,40+,41+,42+,43+,44-,45-,46-,48+,49+/m1/s1. The maximum Gasteiger partial charge on any atom is 0.306 e. The number of carbonyl (C=O) groups is 1. The lowest BCUT2D eigenvalue weighted by atomic mass is 9.85. The number of allylic oxidation sites excluding steroid dienone is 3. The molecule has 0 spiro atoms. The molecule has 0 saturated carbocycles. The van der Waals surface area contributed by atoms with Crippen molar-refractivity contribution in [1.82, 2.24) is 0 Å². The summed E-state index contributed by atoms with van der Waals surface area (Å²) in [7, 11) is 1.65. The van der Waals surface area contributed by atoms with E-state index < -0.39 is 17.5 Å². The number of ether oxygens (including phenoxy) is 9. The smallest absolute Gasteiger partial charge is 0.306 e. The van der Waals surface area contributed by atoms with E-state index in [4.69, 9.17) is 42.6 Å². The van der Waals surface area contributed by atoms with Crippen LogP contribution in [0.1, 0.15) is 127 Å². The molecule has 5 rings (SSSR count). The molecule has 5 aliphatic rings. The molecule has 12 heteroatoms. The first kappa shape index (κ1) is 52.3. The molecule has 4 saturated heterocycles. The van der Waals surface area contributed by atoms with Crippen LogP contribution < -0.4 is 0 Å². The summed E-state index contributed by atoms with van der Waals surface area (Å²) >= 11 is 2.24. The van der Waals surface area contributed by atoms with Crippen LogP contribution in [0.25, 0.3) is 0 Å². The summed E-state index contributed by atoms with van der Waals surface area (Å²) in [5, 5.41) is 10.7. The zero-order valence-electron chi connectivity index (χ0n) is 39.7. The summed E-state index contributed by atoms with van der Waals surface area (Å²) in [6.45, 7) is 18.4. The van der Waals surface area contributed by atoms with Crippen LogP contribution in [0.4, 0.5) is 0 Å². The van der Waals surface area contributed by atoms with Crippen molar-refractivity contribution >= 4 is 28.6 Å². The summed E-state index contributed by atoms with van der Waals surface area (Å²) in [6.07, 6.45) is 27.3. The van der Waals surface area contributed by atoms with E-state index in [0.717, 1.165) is 56.9 Å². The van der Waals surface area contributed by atoms with Crippen molar-refractivity contribution in [1.29, 1.82) is 0 Å². The molecule has 2 bridgehead atoms. The van der Waals surface area contributed by atoms with Gasteiger partial charge in [-0.15, -0.1) is 0 Å². The lowest BCUT2D eigenvalue weighted by Gasteiger charge is -2.42. The largest absolute Gasteiger partial charge is 0.460 e. The Morgan fingerprint density at radius 2 is 1.62 bits per heavy atom. The molecule has 0 aliphatic carbocycles. The molecule has 0 amide bonds. The number of halogens is 1. The monoisotopic (exact) mass is 994 g/mol. The van der Waals surface area contributed by atoms with E-state index >= 15 is 0 Å². The maximum absolute atomic E-state index is 12.0. The number of methoxy groups -OCH3 is 1. The molecule has 1 N–H and O–H groups in total. The fourth-order valence-electron chi connectivity index (χ4n) is 9.41. The van der Waals surface area contributed by atoms with E-state index in [9.17, 15) is 9.90 Å². The van der Waals surface area contributed by atoms with Crippen LogP contribution in [0.2, 0.25) is 0 Å². The highest BCUT2D eigenvalue weighted by molar-refractivity contribution is 14.1. The lowest BCUT2D eigenvalue weighted by molar-refractivity contribution is -0.210. The minimum absolute atomic E-state index is 0.0000376. The van der Waals surface area contributed by atoms with Gasteiger partial charge in [-0.3, -0.25) is 4.79 Å². The van der Waals surface area contributed by atoms with Crippen LogP contribution in [-0.4, -0.2) is 110 Å². The number of unbranched alkanes of at least 4 members (excludes halogenated alkanes) is 2. The molecule has 5 heterocycles. The minimum Gasteiger partial charge on any atom is -0.460 e. The van der Waals surface area contributed by atoms with Gasteiger partial charge in [-0.2, -0.15) is 0 Å². The second kappa shape index (κ2) is 24.9. The summed E-state index contributed by atoms with van der Waals surface area (Å²) in [6, 6.07) is 0. The molecule has 5 aliphatic heterocycles. The van der Waals surface area contributed by atoms with Gasteiger partial charge in [0.2, 0.25) is 0 Å². The van der Waals surface area contributed by atoms with Crippen LogP contribution in [0.5, 0.6) is 0 Å². The Morgan fingerprint density at radius 1 is 0.873 bits per heavy atom. The normalized spacial score (nSPS) is 36.7. The Balaban J connectivity index is 1.09. The molecule has 11 nitrogen and oxygen atoms in total. The number of carbonyl (C=O) groups excluding carboxylic acids is 1. The third-order valence-electron chi connectivity index (χ3n) is 12.7. The summed E-state index contributed by atoms with van der Waals surface area (Å²) in [5.74, 6) is -0.167. The van der Waals surface area contributed by atoms with Gasteiger partial charge in [-0.1, -0.05) is 104 Å². The third-order valence-corrected chi connectivity index (χ3v) is 13.1. The van der Waals surface area contributed by atoms with Gasteiger partial charge >= 0.3 is 5.97 Å². The first-order valence-corrected chi connectivity index (χ1v) is 24.8. The Labute approximate surface area is 392 Å². The fraction of sp³-hybridized carbons (Fsp3) is 0.745. The van der Waals surface area contributed by atoms with Gasteiger partial charge in [-0.05, 0) is 102 Å². The summed E-state index contributed by atoms with van der Waals surface area (Å²) in [5.41, 5.74) is 0.580. The van der Waals surface area contributed by atoms with Gasteiger partial charge in [0.05, 0.1) is 42.7 Å². The van der Waals surface area contributed by atoms with Crippen LogP contribution in [0.3, 0.4) is 0 Å². The van der Waals surface area contributed by atoms with Crippen molar-refractivity contribution in [2.45, 2.75) is 211 Å². The van der Waals surface area contributed by atoms with Gasteiger partial charge in [0.25, 0.3) is 0 Å². The highest BCUT2D eigenvalue weighted by Gasteiger charge is 2.49. The Kier molecular flexibility index (Phi) is 20.6. The molecular formula is C51H79IO11. The van der Waals surface area contributed by atoms with Crippen LogP contribution in [0.15, 0.2) is 70.4 Å². The molecule has 0 unspecified atom stereocenters. The van der Waals surface area contributed by atoms with E-state index in [1.165, 1.54) is 0 Å². The Bertz CT molecular complexity index is 1600. The number of fused-ring (bicyclic) bond motifs is 2. The van der Waals surface area contributed by atoms with Gasteiger partial charge in [0.15, 0.2) is 5.79 Å². The molecule has 63 heavy (non-hydrogen) atoms. The summed E-state index contributed by atoms with van der Waals surface area (Å²) < 4.78 is 58.1. The van der Waals surface area contributed by atoms with Crippen molar-refractivity contribution in [3.05, 3.63) is 70.4 Å². The van der Waals surface area contributed by atoms with Crippen LogP contribution in [-0.2, 0) is 47.4 Å². The number of rotatable bonds is 21. The molecule has 356 valence electrons. The van der Waals surface area contributed by atoms with Crippen molar-refractivity contribution in [3.63, 3.8) is 0 Å². The number of aliphatic hydroxyl groups excluding tert-OH is 1. The zero-order chi connectivity index (χ0) is 45.7. The average molecular weight is 995 g/mol. The van der Waals surface area contributed by atoms with Crippen molar-refractivity contribution in [3.8, 4) is 0 Å². The zero-order valence-corrected chi connectivity index (χ0v) is 41.9. The van der Waals surface area contributed by atoms with E-state index in [2.05, 4.69) is 92.0 Å². The predicted molar refractivity (Wildman–Crippen MR) is 254 cm³/mol. The summed E-state index contributed by atoms with van der Waals surface area (Å²) in [4.78, 5) is 12.0. The highest BCUT2D eigenvalue weighted by Crippen LogP contribution is 2.40. The molecule has 4 fully saturated rings. The van der Waals surface area contributed by atoms with Crippen molar-refractivity contribution < 1.29 is 52.5 Å². The molecule has 0 aromatic heterocycles. The molecule has 0 aromatic carbocycles. The van der Waals surface area contributed by atoms with Gasteiger partial charge in [0.1, 0.15) is 42.9 Å². The Morgan fingerprint density at radius 3 is 2.37 bits per heavy atom. The second-order valence-electron chi connectivity index (χ2n) is 19.7.